The number of benzene rings is 3. The first kappa shape index (κ1) is 24.5. The summed E-state index contributed by atoms with van der Waals surface area (Å²) in [5.41, 5.74) is 3.03. The van der Waals surface area contributed by atoms with Crippen molar-refractivity contribution in [3.63, 3.8) is 0 Å². The number of hydrogen-bond acceptors (Lipinski definition) is 5. The molecule has 1 atom stereocenters. The number of hydrogen-bond donors (Lipinski definition) is 1. The predicted molar refractivity (Wildman–Crippen MR) is 131 cm³/mol. The van der Waals surface area contributed by atoms with Crippen molar-refractivity contribution in [3.05, 3.63) is 83.2 Å². The highest BCUT2D eigenvalue weighted by molar-refractivity contribution is 7.92. The third-order valence-corrected chi connectivity index (χ3v) is 7.53. The standard InChI is InChI=1S/C26H27FN2O5S/c1-17-7-8-18(2)23(13-17)19(3)28-26(30)16-29(21-6-4-5-20(27)14-21)35(31,32)22-9-10-24-25(15-22)34-12-11-33-24/h4-10,13-15,19H,11-12,16H2,1-3H3,(H,28,30). The van der Waals surface area contributed by atoms with Crippen LogP contribution < -0.4 is 19.1 Å². The van der Waals surface area contributed by atoms with Gasteiger partial charge in [0.25, 0.3) is 10.0 Å². The number of halogens is 1. The molecule has 0 spiro atoms. The lowest BCUT2D eigenvalue weighted by molar-refractivity contribution is -0.120. The molecule has 1 amide bonds. The van der Waals surface area contributed by atoms with Crippen LogP contribution in [0.25, 0.3) is 0 Å². The monoisotopic (exact) mass is 498 g/mol. The number of nitrogens with zero attached hydrogens (tertiary/aromatic N) is 1. The van der Waals surface area contributed by atoms with Crippen molar-refractivity contribution in [3.8, 4) is 11.5 Å². The summed E-state index contributed by atoms with van der Waals surface area (Å²) in [6, 6.07) is 15.0. The third-order valence-electron chi connectivity index (χ3n) is 5.76. The van der Waals surface area contributed by atoms with Gasteiger partial charge in [-0.25, -0.2) is 12.8 Å². The molecule has 0 saturated carbocycles. The van der Waals surface area contributed by atoms with Gasteiger partial charge in [0, 0.05) is 6.07 Å². The average molecular weight is 499 g/mol. The topological polar surface area (TPSA) is 84.9 Å². The highest BCUT2D eigenvalue weighted by Gasteiger charge is 2.29. The Kier molecular flexibility index (Phi) is 6.98. The zero-order valence-corrected chi connectivity index (χ0v) is 20.6. The number of sulfonamides is 1. The minimum absolute atomic E-state index is 0.0365. The van der Waals surface area contributed by atoms with Gasteiger partial charge in [-0.1, -0.05) is 29.8 Å². The van der Waals surface area contributed by atoms with Crippen LogP contribution in [0.3, 0.4) is 0 Å². The first-order valence-electron chi connectivity index (χ1n) is 11.2. The minimum atomic E-state index is -4.24. The lowest BCUT2D eigenvalue weighted by atomic mass is 10.00. The Morgan fingerprint density at radius 1 is 1.03 bits per heavy atom. The van der Waals surface area contributed by atoms with Gasteiger partial charge in [0.2, 0.25) is 5.91 Å². The molecule has 0 fully saturated rings. The normalized spacial score (nSPS) is 13.7. The SMILES string of the molecule is Cc1ccc(C)c(C(C)NC(=O)CN(c2cccc(F)c2)S(=O)(=O)c2ccc3c(c2)OCCO3)c1. The van der Waals surface area contributed by atoms with E-state index >= 15 is 0 Å². The lowest BCUT2D eigenvalue weighted by Gasteiger charge is -2.26. The second-order valence-electron chi connectivity index (χ2n) is 8.45. The molecule has 3 aromatic carbocycles. The van der Waals surface area contributed by atoms with Gasteiger partial charge in [-0.15, -0.1) is 0 Å². The van der Waals surface area contributed by atoms with Crippen LogP contribution in [-0.4, -0.2) is 34.1 Å². The average Bonchev–Trinajstić information content (AvgIpc) is 2.83. The second-order valence-corrected chi connectivity index (χ2v) is 10.3. The molecular formula is C26H27FN2O5S. The van der Waals surface area contributed by atoms with E-state index in [4.69, 9.17) is 9.47 Å². The van der Waals surface area contributed by atoms with Crippen LogP contribution >= 0.6 is 0 Å². The fourth-order valence-corrected chi connectivity index (χ4v) is 5.41. The maximum absolute atomic E-state index is 14.0. The summed E-state index contributed by atoms with van der Waals surface area (Å²) in [4.78, 5) is 13.0. The Hall–Kier alpha value is -3.59. The van der Waals surface area contributed by atoms with E-state index in [2.05, 4.69) is 5.32 Å². The van der Waals surface area contributed by atoms with E-state index in [1.54, 1.807) is 0 Å². The Labute approximate surface area is 204 Å². The van der Waals surface area contributed by atoms with Crippen LogP contribution in [-0.2, 0) is 14.8 Å². The van der Waals surface area contributed by atoms with Crippen molar-refractivity contribution >= 4 is 21.6 Å². The lowest BCUT2D eigenvalue weighted by Crippen LogP contribution is -2.41. The molecule has 3 aromatic rings. The number of carbonyl (C=O) groups excluding carboxylic acids is 1. The van der Waals surface area contributed by atoms with Crippen LogP contribution in [0.4, 0.5) is 10.1 Å². The quantitative estimate of drug-likeness (QED) is 0.526. The molecule has 0 bridgehead atoms. The number of carbonyl (C=O) groups is 1. The van der Waals surface area contributed by atoms with E-state index in [1.807, 2.05) is 39.0 Å². The van der Waals surface area contributed by atoms with E-state index in [0.717, 1.165) is 27.1 Å². The maximum atomic E-state index is 14.0. The molecule has 1 aliphatic rings. The van der Waals surface area contributed by atoms with Gasteiger partial charge >= 0.3 is 0 Å². The Morgan fingerprint density at radius 3 is 2.51 bits per heavy atom. The molecule has 1 aliphatic heterocycles. The van der Waals surface area contributed by atoms with Gasteiger partial charge < -0.3 is 14.8 Å². The van der Waals surface area contributed by atoms with Crippen molar-refractivity contribution in [2.24, 2.45) is 0 Å². The summed E-state index contributed by atoms with van der Waals surface area (Å²) in [6.07, 6.45) is 0. The van der Waals surface area contributed by atoms with Gasteiger partial charge in [-0.3, -0.25) is 9.10 Å². The van der Waals surface area contributed by atoms with Gasteiger partial charge in [0.15, 0.2) is 11.5 Å². The van der Waals surface area contributed by atoms with E-state index in [-0.39, 0.29) is 16.6 Å². The molecule has 0 aromatic heterocycles. The minimum Gasteiger partial charge on any atom is -0.486 e. The number of fused-ring (bicyclic) bond motifs is 1. The molecule has 0 saturated heterocycles. The summed E-state index contributed by atoms with van der Waals surface area (Å²) in [7, 11) is -4.24. The first-order chi connectivity index (χ1) is 16.6. The van der Waals surface area contributed by atoms with Gasteiger partial charge in [0.1, 0.15) is 25.6 Å². The van der Waals surface area contributed by atoms with Gasteiger partial charge in [-0.05, 0) is 62.2 Å². The molecule has 1 N–H and O–H groups in total. The van der Waals surface area contributed by atoms with Gasteiger partial charge in [0.05, 0.1) is 16.6 Å². The molecule has 0 aliphatic carbocycles. The molecule has 184 valence electrons. The van der Waals surface area contributed by atoms with Crippen LogP contribution in [0.5, 0.6) is 11.5 Å². The fourth-order valence-electron chi connectivity index (χ4n) is 3.98. The first-order valence-corrected chi connectivity index (χ1v) is 12.6. The molecule has 1 heterocycles. The summed E-state index contributed by atoms with van der Waals surface area (Å²) in [5, 5.41) is 2.87. The number of rotatable bonds is 7. The molecule has 4 rings (SSSR count). The molecule has 7 nitrogen and oxygen atoms in total. The summed E-state index contributed by atoms with van der Waals surface area (Å²) < 4.78 is 53.2. The number of aryl methyl sites for hydroxylation is 2. The smallest absolute Gasteiger partial charge is 0.264 e. The van der Waals surface area contributed by atoms with Crippen LogP contribution in [0, 0.1) is 19.7 Å². The van der Waals surface area contributed by atoms with E-state index in [1.165, 1.54) is 36.4 Å². The Morgan fingerprint density at radius 2 is 1.77 bits per heavy atom. The number of amides is 1. The zero-order chi connectivity index (χ0) is 25.2. The van der Waals surface area contributed by atoms with Gasteiger partial charge in [-0.2, -0.15) is 0 Å². The second kappa shape index (κ2) is 9.95. The third kappa shape index (κ3) is 5.40. The molecule has 35 heavy (non-hydrogen) atoms. The van der Waals surface area contributed by atoms with Crippen LogP contribution in [0.2, 0.25) is 0 Å². The van der Waals surface area contributed by atoms with E-state index < -0.39 is 28.3 Å². The highest BCUT2D eigenvalue weighted by atomic mass is 32.2. The molecule has 1 unspecified atom stereocenters. The molecular weight excluding hydrogens is 471 g/mol. The van der Waals surface area contributed by atoms with Crippen molar-refractivity contribution in [1.82, 2.24) is 5.32 Å². The molecule has 9 heteroatoms. The van der Waals surface area contributed by atoms with Crippen molar-refractivity contribution in [2.75, 3.05) is 24.1 Å². The molecule has 0 radical (unpaired) electrons. The van der Waals surface area contributed by atoms with Crippen LogP contribution in [0.15, 0.2) is 65.6 Å². The maximum Gasteiger partial charge on any atom is 0.264 e. The number of anilines is 1. The highest BCUT2D eigenvalue weighted by Crippen LogP contribution is 2.34. The zero-order valence-electron chi connectivity index (χ0n) is 19.7. The summed E-state index contributed by atoms with van der Waals surface area (Å²) in [5.74, 6) is -0.407. The summed E-state index contributed by atoms with van der Waals surface area (Å²) in [6.45, 7) is 5.87. The Balaban J connectivity index is 1.64. The van der Waals surface area contributed by atoms with Crippen molar-refractivity contribution < 1.29 is 27.1 Å². The fraction of sp³-hybridized carbons (Fsp3) is 0.269. The largest absolute Gasteiger partial charge is 0.486 e. The van der Waals surface area contributed by atoms with Crippen LogP contribution in [0.1, 0.15) is 29.7 Å². The summed E-state index contributed by atoms with van der Waals surface area (Å²) >= 11 is 0. The predicted octanol–water partition coefficient (Wildman–Crippen LogP) is 4.29. The number of ether oxygens (including phenoxy) is 2. The Bertz CT molecular complexity index is 1360. The van der Waals surface area contributed by atoms with Crippen molar-refractivity contribution in [1.29, 1.82) is 0 Å². The number of nitrogens with one attached hydrogen (secondary N) is 1. The van der Waals surface area contributed by atoms with E-state index in [9.17, 15) is 17.6 Å². The van der Waals surface area contributed by atoms with Crippen molar-refractivity contribution in [2.45, 2.75) is 31.7 Å². The van der Waals surface area contributed by atoms with E-state index in [0.29, 0.717) is 24.7 Å².